The smallest absolute Gasteiger partial charge is 0.230 e. The predicted octanol–water partition coefficient (Wildman–Crippen LogP) is 3.98. The van der Waals surface area contributed by atoms with Gasteiger partial charge in [0.1, 0.15) is 5.82 Å². The molecule has 3 aromatic carbocycles. The lowest BCUT2D eigenvalue weighted by Crippen LogP contribution is -2.24. The second-order valence-corrected chi connectivity index (χ2v) is 7.69. The van der Waals surface area contributed by atoms with Crippen molar-refractivity contribution in [3.8, 4) is 0 Å². The highest BCUT2D eigenvalue weighted by Crippen LogP contribution is 2.47. The van der Waals surface area contributed by atoms with Gasteiger partial charge in [0.2, 0.25) is 12.7 Å². The number of hydrogen-bond donors (Lipinski definition) is 0. The van der Waals surface area contributed by atoms with E-state index >= 15 is 0 Å². The van der Waals surface area contributed by atoms with Gasteiger partial charge in [0.05, 0.1) is 5.30 Å². The summed E-state index contributed by atoms with van der Waals surface area (Å²) in [6.07, 6.45) is 0. The fourth-order valence-electron chi connectivity index (χ4n) is 2.47. The van der Waals surface area contributed by atoms with Crippen molar-refractivity contribution in [1.82, 2.24) is 0 Å². The Hall–Kier alpha value is -2.51. The SMILES string of the molecule is O=C(c1ccccc1)P(=O)(c1ccccc1)c1ccccc1F. The van der Waals surface area contributed by atoms with E-state index < -0.39 is 18.5 Å². The van der Waals surface area contributed by atoms with E-state index in [1.807, 2.05) is 0 Å². The molecule has 0 spiro atoms. The van der Waals surface area contributed by atoms with E-state index in [1.54, 1.807) is 66.7 Å². The standard InChI is InChI=1S/C19H14FO2P/c20-17-13-7-8-14-18(17)23(22,16-11-5-2-6-12-16)19(21)15-9-3-1-4-10-15/h1-14H. The second-order valence-electron chi connectivity index (χ2n) is 5.07. The van der Waals surface area contributed by atoms with Crippen LogP contribution in [0.15, 0.2) is 84.9 Å². The summed E-state index contributed by atoms with van der Waals surface area (Å²) in [7, 11) is -3.79. The van der Waals surface area contributed by atoms with Crippen molar-refractivity contribution in [3.05, 3.63) is 96.3 Å². The maximum absolute atomic E-state index is 14.3. The van der Waals surface area contributed by atoms with Gasteiger partial charge in [-0.05, 0) is 12.1 Å². The maximum atomic E-state index is 14.3. The lowest BCUT2D eigenvalue weighted by atomic mass is 10.2. The first-order valence-corrected chi connectivity index (χ1v) is 8.85. The zero-order valence-corrected chi connectivity index (χ0v) is 13.1. The highest BCUT2D eigenvalue weighted by atomic mass is 31.2. The van der Waals surface area contributed by atoms with Crippen LogP contribution in [-0.2, 0) is 4.57 Å². The Morgan fingerprint density at radius 1 is 0.739 bits per heavy atom. The molecular formula is C19H14FO2P. The number of carbonyl (C=O) groups is 1. The first-order valence-electron chi connectivity index (χ1n) is 7.15. The minimum Gasteiger partial charge on any atom is -0.305 e. The number of hydrogen-bond acceptors (Lipinski definition) is 2. The lowest BCUT2D eigenvalue weighted by Gasteiger charge is -2.18. The summed E-state index contributed by atoms with van der Waals surface area (Å²) < 4.78 is 28.1. The Kier molecular flexibility index (Phi) is 4.22. The van der Waals surface area contributed by atoms with Gasteiger partial charge in [-0.3, -0.25) is 4.79 Å². The van der Waals surface area contributed by atoms with Crippen LogP contribution in [0.2, 0.25) is 0 Å². The Morgan fingerprint density at radius 2 is 1.26 bits per heavy atom. The molecule has 3 aromatic rings. The molecule has 1 atom stereocenters. The van der Waals surface area contributed by atoms with Crippen molar-refractivity contribution in [1.29, 1.82) is 0 Å². The van der Waals surface area contributed by atoms with Crippen LogP contribution in [0.5, 0.6) is 0 Å². The van der Waals surface area contributed by atoms with Crippen molar-refractivity contribution >= 4 is 23.3 Å². The van der Waals surface area contributed by atoms with Crippen LogP contribution in [0, 0.1) is 5.82 Å². The van der Waals surface area contributed by atoms with Gasteiger partial charge in [-0.25, -0.2) is 4.39 Å². The summed E-state index contributed by atoms with van der Waals surface area (Å²) in [5.41, 5.74) is -0.252. The minimum absolute atomic E-state index is 0.0555. The van der Waals surface area contributed by atoms with Crippen LogP contribution in [-0.4, -0.2) is 5.52 Å². The molecule has 0 aliphatic carbocycles. The largest absolute Gasteiger partial charge is 0.305 e. The third-order valence-electron chi connectivity index (χ3n) is 3.62. The average Bonchev–Trinajstić information content (AvgIpc) is 2.62. The molecule has 0 N–H and O–H groups in total. The maximum Gasteiger partial charge on any atom is 0.230 e. The van der Waals surface area contributed by atoms with Crippen molar-refractivity contribution < 1.29 is 13.8 Å². The van der Waals surface area contributed by atoms with Gasteiger partial charge < -0.3 is 4.57 Å². The average molecular weight is 324 g/mol. The molecule has 0 heterocycles. The van der Waals surface area contributed by atoms with E-state index in [2.05, 4.69) is 0 Å². The predicted molar refractivity (Wildman–Crippen MR) is 90.5 cm³/mol. The van der Waals surface area contributed by atoms with E-state index in [1.165, 1.54) is 18.2 Å². The Balaban J connectivity index is 2.26. The molecule has 0 fully saturated rings. The van der Waals surface area contributed by atoms with E-state index in [0.717, 1.165) is 0 Å². The van der Waals surface area contributed by atoms with Gasteiger partial charge in [0, 0.05) is 10.9 Å². The summed E-state index contributed by atoms with van der Waals surface area (Å²) >= 11 is 0. The fraction of sp³-hybridized carbons (Fsp3) is 0. The van der Waals surface area contributed by atoms with Crippen LogP contribution >= 0.6 is 7.14 Å². The molecule has 4 heteroatoms. The van der Waals surface area contributed by atoms with E-state index in [0.29, 0.717) is 10.9 Å². The summed E-state index contributed by atoms with van der Waals surface area (Å²) in [6.45, 7) is 0. The fourth-order valence-corrected chi connectivity index (χ4v) is 4.98. The normalized spacial score (nSPS) is 13.3. The highest BCUT2D eigenvalue weighted by molar-refractivity contribution is 7.93. The third kappa shape index (κ3) is 2.76. The molecule has 0 amide bonds. The summed E-state index contributed by atoms with van der Waals surface area (Å²) in [5.74, 6) is -0.635. The van der Waals surface area contributed by atoms with E-state index in [9.17, 15) is 13.8 Å². The molecule has 1 unspecified atom stereocenters. The molecule has 0 aliphatic heterocycles. The summed E-state index contributed by atoms with van der Waals surface area (Å²) in [6, 6.07) is 22.5. The van der Waals surface area contributed by atoms with E-state index in [4.69, 9.17) is 0 Å². The molecule has 114 valence electrons. The molecule has 0 aromatic heterocycles. The molecule has 0 saturated carbocycles. The van der Waals surface area contributed by atoms with E-state index in [-0.39, 0.29) is 5.30 Å². The van der Waals surface area contributed by atoms with Gasteiger partial charge >= 0.3 is 0 Å². The first-order chi connectivity index (χ1) is 11.1. The van der Waals surface area contributed by atoms with Crippen LogP contribution in [0.3, 0.4) is 0 Å². The molecule has 0 aliphatic rings. The molecule has 0 radical (unpaired) electrons. The molecule has 23 heavy (non-hydrogen) atoms. The van der Waals surface area contributed by atoms with Gasteiger partial charge in [-0.15, -0.1) is 0 Å². The zero-order valence-electron chi connectivity index (χ0n) is 12.2. The van der Waals surface area contributed by atoms with Gasteiger partial charge in [-0.2, -0.15) is 0 Å². The van der Waals surface area contributed by atoms with Crippen molar-refractivity contribution in [3.63, 3.8) is 0 Å². The Morgan fingerprint density at radius 3 is 1.87 bits per heavy atom. The van der Waals surface area contributed by atoms with Gasteiger partial charge in [-0.1, -0.05) is 72.8 Å². The molecule has 0 bridgehead atoms. The van der Waals surface area contributed by atoms with Crippen molar-refractivity contribution in [2.75, 3.05) is 0 Å². The molecule has 3 rings (SSSR count). The molecule has 0 saturated heterocycles. The van der Waals surface area contributed by atoms with Crippen LogP contribution in [0.4, 0.5) is 4.39 Å². The highest BCUT2D eigenvalue weighted by Gasteiger charge is 2.38. The zero-order chi connectivity index (χ0) is 16.3. The third-order valence-corrected chi connectivity index (χ3v) is 6.51. The quantitative estimate of drug-likeness (QED) is 0.680. The van der Waals surface area contributed by atoms with Crippen LogP contribution in [0.1, 0.15) is 10.4 Å². The first kappa shape index (κ1) is 15.4. The Bertz CT molecular complexity index is 876. The Labute approximate surface area is 134 Å². The molecular weight excluding hydrogens is 310 g/mol. The van der Waals surface area contributed by atoms with Crippen LogP contribution in [0.25, 0.3) is 0 Å². The number of halogens is 1. The lowest BCUT2D eigenvalue weighted by molar-refractivity contribution is 0.107. The number of rotatable bonds is 4. The van der Waals surface area contributed by atoms with Crippen molar-refractivity contribution in [2.45, 2.75) is 0 Å². The summed E-state index contributed by atoms with van der Waals surface area (Å²) in [4.78, 5) is 13.0. The number of carbonyl (C=O) groups excluding carboxylic acids is 1. The second kappa shape index (κ2) is 6.31. The summed E-state index contributed by atoms with van der Waals surface area (Å²) in [5, 5.41) is 0.277. The van der Waals surface area contributed by atoms with Crippen LogP contribution < -0.4 is 10.6 Å². The van der Waals surface area contributed by atoms with Crippen molar-refractivity contribution in [2.24, 2.45) is 0 Å². The monoisotopic (exact) mass is 324 g/mol. The van der Waals surface area contributed by atoms with Gasteiger partial charge in [0.15, 0.2) is 0 Å². The topological polar surface area (TPSA) is 34.1 Å². The minimum atomic E-state index is -3.79. The van der Waals surface area contributed by atoms with Gasteiger partial charge in [0.25, 0.3) is 0 Å². The molecule has 2 nitrogen and oxygen atoms in total. The number of benzene rings is 3.